The Hall–Kier alpha value is -1.88. The number of esters is 1. The predicted octanol–water partition coefficient (Wildman–Crippen LogP) is 1.21. The van der Waals surface area contributed by atoms with Crippen molar-refractivity contribution in [2.45, 2.75) is 32.0 Å². The lowest BCUT2D eigenvalue weighted by atomic mass is 10.1. The number of nitrogens with zero attached hydrogens (tertiary/aromatic N) is 2. The largest absolute Gasteiger partial charge is 0.459 e. The molecule has 0 bridgehead atoms. The third-order valence-corrected chi connectivity index (χ3v) is 3.38. The van der Waals surface area contributed by atoms with Gasteiger partial charge in [-0.25, -0.2) is 4.79 Å². The number of β-amino-alcohol motifs (C(OH)–C–C–N with tert-alkyl or cyclic N) is 1. The van der Waals surface area contributed by atoms with Crippen LogP contribution >= 0.6 is 0 Å². The summed E-state index contributed by atoms with van der Waals surface area (Å²) in [6.45, 7) is 2.91. The summed E-state index contributed by atoms with van der Waals surface area (Å²) in [6.07, 6.45) is 2.25. The average molecular weight is 276 g/mol. The molecule has 1 aliphatic heterocycles. The molecular weight excluding hydrogens is 256 g/mol. The number of ether oxygens (including phenoxy) is 1. The first-order valence-corrected chi connectivity index (χ1v) is 6.81. The lowest BCUT2D eigenvalue weighted by Gasteiger charge is -2.32. The molecule has 5 heteroatoms. The van der Waals surface area contributed by atoms with Gasteiger partial charge in [0.05, 0.1) is 12.9 Å². The van der Waals surface area contributed by atoms with E-state index in [0.717, 1.165) is 5.56 Å². The van der Waals surface area contributed by atoms with Crippen LogP contribution in [0.2, 0.25) is 0 Å². The summed E-state index contributed by atoms with van der Waals surface area (Å²) in [6, 6.07) is 9.32. The molecule has 1 N–H and O–H groups in total. The standard InChI is InChI=1S/C15H20N2O3/c1-12-9-14(16-11-17(12)7-8-18)15(19)20-10-13-5-3-2-4-6-13/h2-6,11-12,14,18H,7-10H2,1H3. The molecular formula is C15H20N2O3. The second kappa shape index (κ2) is 7.05. The fourth-order valence-corrected chi connectivity index (χ4v) is 2.17. The van der Waals surface area contributed by atoms with E-state index in [9.17, 15) is 4.79 Å². The number of aliphatic imine (C=N–C) groups is 1. The number of aliphatic hydroxyl groups excluding tert-OH is 1. The van der Waals surface area contributed by atoms with E-state index in [1.54, 1.807) is 6.34 Å². The van der Waals surface area contributed by atoms with Gasteiger partial charge in [-0.1, -0.05) is 30.3 Å². The molecule has 0 aliphatic carbocycles. The Balaban J connectivity index is 1.86. The van der Waals surface area contributed by atoms with Gasteiger partial charge in [-0.05, 0) is 12.5 Å². The van der Waals surface area contributed by atoms with Gasteiger partial charge in [0.25, 0.3) is 0 Å². The number of benzene rings is 1. The molecule has 0 amide bonds. The molecule has 1 aliphatic rings. The zero-order chi connectivity index (χ0) is 14.4. The number of aliphatic hydroxyl groups is 1. The van der Waals surface area contributed by atoms with E-state index in [2.05, 4.69) is 4.99 Å². The van der Waals surface area contributed by atoms with Gasteiger partial charge in [0, 0.05) is 19.0 Å². The maximum absolute atomic E-state index is 12.0. The van der Waals surface area contributed by atoms with Crippen LogP contribution in [0.25, 0.3) is 0 Å². The lowest BCUT2D eigenvalue weighted by molar-refractivity contribution is -0.147. The number of carbonyl (C=O) groups is 1. The summed E-state index contributed by atoms with van der Waals surface area (Å²) in [5.74, 6) is -0.291. The molecule has 0 saturated carbocycles. The Kier molecular flexibility index (Phi) is 5.12. The van der Waals surface area contributed by atoms with Crippen LogP contribution in [-0.4, -0.2) is 47.5 Å². The van der Waals surface area contributed by atoms with Gasteiger partial charge in [0.15, 0.2) is 6.04 Å². The summed E-state index contributed by atoms with van der Waals surface area (Å²) < 4.78 is 5.29. The first-order chi connectivity index (χ1) is 9.70. The summed E-state index contributed by atoms with van der Waals surface area (Å²) in [5.41, 5.74) is 0.968. The molecule has 1 aromatic carbocycles. The van der Waals surface area contributed by atoms with E-state index < -0.39 is 6.04 Å². The van der Waals surface area contributed by atoms with Gasteiger partial charge in [-0.15, -0.1) is 0 Å². The smallest absolute Gasteiger partial charge is 0.331 e. The summed E-state index contributed by atoms with van der Waals surface area (Å²) in [4.78, 5) is 18.1. The zero-order valence-electron chi connectivity index (χ0n) is 11.6. The van der Waals surface area contributed by atoms with Crippen molar-refractivity contribution in [2.75, 3.05) is 13.2 Å². The average Bonchev–Trinajstić information content (AvgIpc) is 2.48. The van der Waals surface area contributed by atoms with Crippen molar-refractivity contribution in [3.63, 3.8) is 0 Å². The predicted molar refractivity (Wildman–Crippen MR) is 76.4 cm³/mol. The normalized spacial score (nSPS) is 21.8. The van der Waals surface area contributed by atoms with Gasteiger partial charge in [-0.3, -0.25) is 4.99 Å². The number of hydrogen-bond donors (Lipinski definition) is 1. The molecule has 0 spiro atoms. The molecule has 2 rings (SSSR count). The van der Waals surface area contributed by atoms with E-state index >= 15 is 0 Å². The number of hydrogen-bond acceptors (Lipinski definition) is 5. The van der Waals surface area contributed by atoms with Gasteiger partial charge >= 0.3 is 5.97 Å². The molecule has 1 heterocycles. The summed E-state index contributed by atoms with van der Waals surface area (Å²) in [5, 5.41) is 8.93. The van der Waals surface area contributed by atoms with E-state index in [1.165, 1.54) is 0 Å². The van der Waals surface area contributed by atoms with Crippen LogP contribution in [0, 0.1) is 0 Å². The van der Waals surface area contributed by atoms with Crippen molar-refractivity contribution >= 4 is 12.3 Å². The molecule has 0 saturated heterocycles. The Morgan fingerprint density at radius 1 is 1.45 bits per heavy atom. The molecule has 1 aromatic rings. The molecule has 2 unspecified atom stereocenters. The molecule has 5 nitrogen and oxygen atoms in total. The van der Waals surface area contributed by atoms with E-state index in [4.69, 9.17) is 9.84 Å². The van der Waals surface area contributed by atoms with E-state index in [1.807, 2.05) is 42.2 Å². The maximum Gasteiger partial charge on any atom is 0.331 e. The minimum absolute atomic E-state index is 0.0828. The molecule has 20 heavy (non-hydrogen) atoms. The molecule has 0 radical (unpaired) electrons. The Bertz CT molecular complexity index is 461. The maximum atomic E-state index is 12.0. The third-order valence-electron chi connectivity index (χ3n) is 3.38. The first-order valence-electron chi connectivity index (χ1n) is 6.81. The monoisotopic (exact) mass is 276 g/mol. The molecule has 0 fully saturated rings. The van der Waals surface area contributed by atoms with Gasteiger partial charge in [-0.2, -0.15) is 0 Å². The highest BCUT2D eigenvalue weighted by Gasteiger charge is 2.27. The van der Waals surface area contributed by atoms with Crippen LogP contribution in [-0.2, 0) is 16.1 Å². The molecule has 0 aromatic heterocycles. The first kappa shape index (κ1) is 14.5. The van der Waals surface area contributed by atoms with Crippen molar-refractivity contribution in [2.24, 2.45) is 4.99 Å². The van der Waals surface area contributed by atoms with Crippen LogP contribution in [0.4, 0.5) is 0 Å². The van der Waals surface area contributed by atoms with Crippen LogP contribution in [0.15, 0.2) is 35.3 Å². The van der Waals surface area contributed by atoms with Crippen molar-refractivity contribution in [3.05, 3.63) is 35.9 Å². The third kappa shape index (κ3) is 3.81. The highest BCUT2D eigenvalue weighted by Crippen LogP contribution is 2.15. The fraction of sp³-hybridized carbons (Fsp3) is 0.467. The van der Waals surface area contributed by atoms with Crippen LogP contribution in [0.3, 0.4) is 0 Å². The Labute approximate surface area is 118 Å². The topological polar surface area (TPSA) is 62.1 Å². The van der Waals surface area contributed by atoms with E-state index in [0.29, 0.717) is 13.0 Å². The molecule has 108 valence electrons. The summed E-state index contributed by atoms with van der Waals surface area (Å²) in [7, 11) is 0. The van der Waals surface area contributed by atoms with Crippen molar-refractivity contribution < 1.29 is 14.6 Å². The van der Waals surface area contributed by atoms with Crippen molar-refractivity contribution in [1.29, 1.82) is 0 Å². The van der Waals surface area contributed by atoms with Crippen molar-refractivity contribution in [1.82, 2.24) is 4.90 Å². The second-order valence-electron chi connectivity index (χ2n) is 4.92. The van der Waals surface area contributed by atoms with E-state index in [-0.39, 0.29) is 25.2 Å². The highest BCUT2D eigenvalue weighted by atomic mass is 16.5. The summed E-state index contributed by atoms with van der Waals surface area (Å²) >= 11 is 0. The minimum atomic E-state index is -0.441. The number of rotatable bonds is 5. The van der Waals surface area contributed by atoms with Crippen LogP contribution in [0.1, 0.15) is 18.9 Å². The fourth-order valence-electron chi connectivity index (χ4n) is 2.17. The second-order valence-corrected chi connectivity index (χ2v) is 4.92. The van der Waals surface area contributed by atoms with Gasteiger partial charge in [0.2, 0.25) is 0 Å². The Morgan fingerprint density at radius 3 is 2.85 bits per heavy atom. The number of carbonyl (C=O) groups excluding carboxylic acids is 1. The van der Waals surface area contributed by atoms with Gasteiger partial charge in [0.1, 0.15) is 6.61 Å². The SMILES string of the molecule is CC1CC(C(=O)OCc2ccccc2)N=CN1CCO. The quantitative estimate of drug-likeness (QED) is 0.821. The van der Waals surface area contributed by atoms with Gasteiger partial charge < -0.3 is 14.7 Å². The van der Waals surface area contributed by atoms with Crippen molar-refractivity contribution in [3.8, 4) is 0 Å². The Morgan fingerprint density at radius 2 is 2.20 bits per heavy atom. The van der Waals surface area contributed by atoms with Crippen LogP contribution in [0.5, 0.6) is 0 Å². The van der Waals surface area contributed by atoms with Crippen LogP contribution < -0.4 is 0 Å². The zero-order valence-corrected chi connectivity index (χ0v) is 11.6. The lowest BCUT2D eigenvalue weighted by Crippen LogP contribution is -2.42. The highest BCUT2D eigenvalue weighted by molar-refractivity contribution is 5.78. The molecule has 2 atom stereocenters. The minimum Gasteiger partial charge on any atom is -0.459 e.